The highest BCUT2D eigenvalue weighted by Gasteiger charge is 2.20. The Labute approximate surface area is 205 Å². The fourth-order valence-electron chi connectivity index (χ4n) is 3.81. The van der Waals surface area contributed by atoms with Crippen molar-refractivity contribution >= 4 is 45.4 Å². The number of carbonyl (C=O) groups excluding carboxylic acids is 1. The average molecular weight is 486 g/mol. The Morgan fingerprint density at radius 2 is 1.82 bits per heavy atom. The number of ketones is 1. The van der Waals surface area contributed by atoms with Crippen LogP contribution in [0.2, 0.25) is 5.02 Å². The van der Waals surface area contributed by atoms with Gasteiger partial charge < -0.3 is 5.73 Å². The molecule has 3 heterocycles. The van der Waals surface area contributed by atoms with Gasteiger partial charge in [0.2, 0.25) is 0 Å². The van der Waals surface area contributed by atoms with Crippen molar-refractivity contribution in [3.05, 3.63) is 88.3 Å². The van der Waals surface area contributed by atoms with Crippen LogP contribution in [-0.2, 0) is 17.6 Å². The van der Waals surface area contributed by atoms with Crippen LogP contribution in [0, 0.1) is 6.92 Å². The molecule has 0 amide bonds. The topological polar surface area (TPSA) is 94.7 Å². The average Bonchev–Trinajstić information content (AvgIpc) is 3.27. The van der Waals surface area contributed by atoms with Gasteiger partial charge in [-0.15, -0.1) is 11.3 Å². The van der Waals surface area contributed by atoms with Gasteiger partial charge in [-0.3, -0.25) is 9.78 Å². The number of halogens is 1. The van der Waals surface area contributed by atoms with Crippen LogP contribution in [-0.4, -0.2) is 25.7 Å². The number of hydrogen-bond acceptors (Lipinski definition) is 7. The smallest absolute Gasteiger partial charge is 0.146 e. The van der Waals surface area contributed by atoms with Crippen LogP contribution < -0.4 is 5.73 Å². The van der Waals surface area contributed by atoms with Crippen molar-refractivity contribution in [2.75, 3.05) is 5.73 Å². The maximum absolute atomic E-state index is 12.8. The Morgan fingerprint density at radius 1 is 1.00 bits per heavy atom. The molecule has 0 bridgehead atoms. The van der Waals surface area contributed by atoms with Crippen molar-refractivity contribution in [3.63, 3.8) is 0 Å². The molecule has 34 heavy (non-hydrogen) atoms. The Kier molecular flexibility index (Phi) is 6.04. The fraction of sp³-hybridized carbons (Fsp3) is 0.115. The molecule has 0 saturated carbocycles. The van der Waals surface area contributed by atoms with Crippen LogP contribution in [0.3, 0.4) is 0 Å². The van der Waals surface area contributed by atoms with Gasteiger partial charge in [-0.1, -0.05) is 48.0 Å². The predicted octanol–water partition coefficient (Wildman–Crippen LogP) is 5.71. The van der Waals surface area contributed by atoms with Gasteiger partial charge >= 0.3 is 0 Å². The minimum absolute atomic E-state index is 0.0141. The van der Waals surface area contributed by atoms with Gasteiger partial charge in [-0.25, -0.2) is 15.0 Å². The number of aryl methyl sites for hydroxylation is 1. The van der Waals surface area contributed by atoms with Crippen molar-refractivity contribution in [1.29, 1.82) is 0 Å². The summed E-state index contributed by atoms with van der Waals surface area (Å²) in [4.78, 5) is 31.9. The monoisotopic (exact) mass is 485 g/mol. The zero-order valence-corrected chi connectivity index (χ0v) is 19.9. The molecule has 3 aromatic heterocycles. The Hall–Kier alpha value is -3.68. The molecule has 168 valence electrons. The van der Waals surface area contributed by atoms with Gasteiger partial charge in [0.1, 0.15) is 17.3 Å². The van der Waals surface area contributed by atoms with Crippen LogP contribution in [0.4, 0.5) is 5.82 Å². The summed E-state index contributed by atoms with van der Waals surface area (Å²) in [6.07, 6.45) is 3.86. The molecule has 6 nitrogen and oxygen atoms in total. The largest absolute Gasteiger partial charge is 0.382 e. The van der Waals surface area contributed by atoms with Crippen molar-refractivity contribution < 1.29 is 4.79 Å². The van der Waals surface area contributed by atoms with E-state index in [0.29, 0.717) is 34.0 Å². The summed E-state index contributed by atoms with van der Waals surface area (Å²) in [5.41, 5.74) is 10.4. The van der Waals surface area contributed by atoms with Gasteiger partial charge in [0.05, 0.1) is 38.2 Å². The summed E-state index contributed by atoms with van der Waals surface area (Å²) in [6.45, 7) is 1.93. The number of aromatic nitrogens is 4. The summed E-state index contributed by atoms with van der Waals surface area (Å²) in [6, 6.07) is 17.2. The maximum Gasteiger partial charge on any atom is 0.146 e. The van der Waals surface area contributed by atoms with Gasteiger partial charge in [0.15, 0.2) is 0 Å². The molecule has 0 aliphatic heterocycles. The highest BCUT2D eigenvalue weighted by atomic mass is 35.5. The highest BCUT2D eigenvalue weighted by Crippen LogP contribution is 2.36. The van der Waals surface area contributed by atoms with E-state index in [-0.39, 0.29) is 18.0 Å². The molecule has 8 heteroatoms. The van der Waals surface area contributed by atoms with Crippen molar-refractivity contribution in [2.45, 2.75) is 19.8 Å². The summed E-state index contributed by atoms with van der Waals surface area (Å²) in [5, 5.41) is 2.31. The molecule has 0 saturated heterocycles. The third-order valence-electron chi connectivity index (χ3n) is 5.39. The SMILES string of the molecule is Cc1ncc(-c2nc(N)c(CC(=O)Cc3ccccc3)nc2-c2cc(Cl)c3ncccc3c2)s1. The van der Waals surface area contributed by atoms with Crippen molar-refractivity contribution in [3.8, 4) is 21.8 Å². The standard InChI is InChI=1S/C26H20ClN5OS/c1-15-30-14-22(34-15)25-24(18-11-17-8-5-9-29-23(17)20(27)12-18)31-21(26(28)32-25)13-19(33)10-16-6-3-2-4-7-16/h2-9,11-12,14H,10,13H2,1H3,(H2,28,32). The summed E-state index contributed by atoms with van der Waals surface area (Å²) < 4.78 is 0. The lowest BCUT2D eigenvalue weighted by Crippen LogP contribution is -2.12. The molecule has 0 spiro atoms. The fourth-order valence-corrected chi connectivity index (χ4v) is 4.86. The quantitative estimate of drug-likeness (QED) is 0.331. The first-order valence-corrected chi connectivity index (χ1v) is 11.9. The molecule has 0 unspecified atom stereocenters. The molecular formula is C26H20ClN5OS. The number of benzene rings is 2. The number of nitrogen functional groups attached to an aromatic ring is 1. The summed E-state index contributed by atoms with van der Waals surface area (Å²) >= 11 is 8.07. The first-order chi connectivity index (χ1) is 16.5. The minimum Gasteiger partial charge on any atom is -0.382 e. The van der Waals surface area contributed by atoms with E-state index < -0.39 is 0 Å². The van der Waals surface area contributed by atoms with E-state index in [4.69, 9.17) is 22.3 Å². The first kappa shape index (κ1) is 22.1. The van der Waals surface area contributed by atoms with Crippen molar-refractivity contribution in [1.82, 2.24) is 19.9 Å². The molecular weight excluding hydrogens is 466 g/mol. The number of pyridine rings is 1. The number of nitrogens with zero attached hydrogens (tertiary/aromatic N) is 4. The minimum atomic E-state index is 0.0141. The molecule has 2 N–H and O–H groups in total. The molecule has 0 fully saturated rings. The van der Waals surface area contributed by atoms with Crippen LogP contribution in [0.15, 0.2) is 67.0 Å². The van der Waals surface area contributed by atoms with E-state index in [9.17, 15) is 4.79 Å². The van der Waals surface area contributed by atoms with Crippen LogP contribution in [0.25, 0.3) is 32.7 Å². The second-order valence-electron chi connectivity index (χ2n) is 7.91. The molecule has 0 radical (unpaired) electrons. The number of rotatable bonds is 6. The van der Waals surface area contributed by atoms with Crippen LogP contribution in [0.5, 0.6) is 0 Å². The Morgan fingerprint density at radius 3 is 2.59 bits per heavy atom. The number of thiazole rings is 1. The molecule has 2 aromatic carbocycles. The molecule has 0 aliphatic carbocycles. The lowest BCUT2D eigenvalue weighted by molar-refractivity contribution is -0.117. The second-order valence-corrected chi connectivity index (χ2v) is 9.55. The zero-order chi connectivity index (χ0) is 23.7. The number of Topliss-reactive ketones (excluding diaryl/α,β-unsaturated/α-hetero) is 1. The third-order valence-corrected chi connectivity index (χ3v) is 6.60. The van der Waals surface area contributed by atoms with Crippen molar-refractivity contribution in [2.24, 2.45) is 0 Å². The number of anilines is 1. The lowest BCUT2D eigenvalue weighted by Gasteiger charge is -2.13. The van der Waals surface area contributed by atoms with Gasteiger partial charge in [0, 0.05) is 29.8 Å². The van der Waals surface area contributed by atoms with Gasteiger partial charge in [-0.2, -0.15) is 0 Å². The number of nitrogens with two attached hydrogens (primary N) is 1. The van der Waals surface area contributed by atoms with Crippen LogP contribution in [0.1, 0.15) is 16.3 Å². The van der Waals surface area contributed by atoms with Gasteiger partial charge in [-0.05, 0) is 30.7 Å². The van der Waals surface area contributed by atoms with E-state index in [0.717, 1.165) is 26.4 Å². The second kappa shape index (κ2) is 9.29. The van der Waals surface area contributed by atoms with E-state index in [1.165, 1.54) is 11.3 Å². The normalized spacial score (nSPS) is 11.1. The van der Waals surface area contributed by atoms with E-state index in [2.05, 4.69) is 15.0 Å². The van der Waals surface area contributed by atoms with E-state index in [1.807, 2.05) is 61.5 Å². The number of carbonyl (C=O) groups is 1. The summed E-state index contributed by atoms with van der Waals surface area (Å²) in [5.74, 6) is 0.250. The molecule has 5 aromatic rings. The van der Waals surface area contributed by atoms with E-state index in [1.54, 1.807) is 12.4 Å². The Balaban J connectivity index is 1.60. The predicted molar refractivity (Wildman–Crippen MR) is 137 cm³/mol. The first-order valence-electron chi connectivity index (χ1n) is 10.7. The van der Waals surface area contributed by atoms with E-state index >= 15 is 0 Å². The molecule has 5 rings (SSSR count). The lowest BCUT2D eigenvalue weighted by atomic mass is 10.0. The Bertz CT molecular complexity index is 1520. The zero-order valence-electron chi connectivity index (χ0n) is 18.3. The van der Waals surface area contributed by atoms with Gasteiger partial charge in [0.25, 0.3) is 0 Å². The van der Waals surface area contributed by atoms with Crippen LogP contribution >= 0.6 is 22.9 Å². The summed E-state index contributed by atoms with van der Waals surface area (Å²) in [7, 11) is 0. The number of fused-ring (bicyclic) bond motifs is 1. The highest BCUT2D eigenvalue weighted by molar-refractivity contribution is 7.15. The number of hydrogen-bond donors (Lipinski definition) is 1. The molecule has 0 aliphatic rings. The maximum atomic E-state index is 12.8. The third kappa shape index (κ3) is 4.53. The molecule has 0 atom stereocenters.